The number of nitrogens with zero attached hydrogens (tertiary/aromatic N) is 3. The molecule has 2 aromatic rings. The summed E-state index contributed by atoms with van der Waals surface area (Å²) < 4.78 is 11.0. The van der Waals surface area contributed by atoms with E-state index >= 15 is 0 Å². The van der Waals surface area contributed by atoms with E-state index in [0.717, 1.165) is 22.4 Å². The molecule has 2 aliphatic heterocycles. The Kier molecular flexibility index (Phi) is 9.24. The summed E-state index contributed by atoms with van der Waals surface area (Å²) >= 11 is 0. The molecule has 39 heavy (non-hydrogen) atoms. The number of carbonyl (C=O) groups is 2. The molecule has 3 N–H and O–H groups in total. The van der Waals surface area contributed by atoms with Crippen LogP contribution in [-0.2, 0) is 16.0 Å². The Morgan fingerprint density at radius 3 is 2.44 bits per heavy atom. The van der Waals surface area contributed by atoms with Gasteiger partial charge in [0.1, 0.15) is 5.60 Å². The van der Waals surface area contributed by atoms with E-state index in [1.165, 1.54) is 0 Å². The van der Waals surface area contributed by atoms with E-state index in [1.54, 1.807) is 22.5 Å². The third-order valence-electron chi connectivity index (χ3n) is 6.73. The van der Waals surface area contributed by atoms with E-state index in [9.17, 15) is 14.7 Å². The van der Waals surface area contributed by atoms with Crippen LogP contribution in [0.15, 0.2) is 54.6 Å². The molecule has 4 rings (SSSR count). The van der Waals surface area contributed by atoms with Gasteiger partial charge in [0.15, 0.2) is 6.35 Å². The fourth-order valence-electron chi connectivity index (χ4n) is 4.64. The number of hydroxylamine groups is 1. The van der Waals surface area contributed by atoms with Crippen molar-refractivity contribution in [2.24, 2.45) is 0 Å². The van der Waals surface area contributed by atoms with E-state index in [2.05, 4.69) is 12.1 Å². The molecule has 1 saturated heterocycles. The van der Waals surface area contributed by atoms with Crippen molar-refractivity contribution in [3.8, 4) is 0 Å². The first-order valence-corrected chi connectivity index (χ1v) is 13.2. The third-order valence-corrected chi connectivity index (χ3v) is 6.73. The minimum atomic E-state index is -0.882. The van der Waals surface area contributed by atoms with Gasteiger partial charge >= 0.3 is 6.09 Å². The van der Waals surface area contributed by atoms with Crippen LogP contribution in [0.4, 0.5) is 10.5 Å². The van der Waals surface area contributed by atoms with Crippen molar-refractivity contribution in [1.29, 1.82) is 0 Å². The minimum absolute atomic E-state index is 0.311. The quantitative estimate of drug-likeness (QED) is 0.279. The van der Waals surface area contributed by atoms with Gasteiger partial charge in [-0.3, -0.25) is 14.9 Å². The van der Waals surface area contributed by atoms with Crippen LogP contribution in [0.1, 0.15) is 48.7 Å². The summed E-state index contributed by atoms with van der Waals surface area (Å²) in [5, 5.41) is 20.3. The van der Waals surface area contributed by atoms with E-state index in [0.29, 0.717) is 57.9 Å². The molecule has 0 spiro atoms. The fraction of sp³-hybridized carbons (Fsp3) is 0.448. The third kappa shape index (κ3) is 7.57. The largest absolute Gasteiger partial charge is 0.444 e. The number of hydrogen-bond acceptors (Lipinski definition) is 8. The maximum atomic E-state index is 12.5. The molecular weight excluding hydrogens is 500 g/mol. The summed E-state index contributed by atoms with van der Waals surface area (Å²) in [6.45, 7) is 9.34. The van der Waals surface area contributed by atoms with Crippen LogP contribution in [0.25, 0.3) is 5.57 Å². The molecule has 2 aromatic carbocycles. The molecule has 0 aromatic heterocycles. The average Bonchev–Trinajstić information content (AvgIpc) is 2.95. The second-order valence-electron chi connectivity index (χ2n) is 10.7. The molecule has 0 bridgehead atoms. The zero-order chi connectivity index (χ0) is 28.0. The number of ether oxygens (including phenoxy) is 2. The Balaban J connectivity index is 1.55. The maximum absolute atomic E-state index is 12.5. The highest BCUT2D eigenvalue weighted by Gasteiger charge is 2.27. The number of benzene rings is 2. The molecule has 10 heteroatoms. The highest BCUT2D eigenvalue weighted by atomic mass is 16.6. The van der Waals surface area contributed by atoms with E-state index in [4.69, 9.17) is 14.7 Å². The van der Waals surface area contributed by atoms with Crippen LogP contribution >= 0.6 is 0 Å². The zero-order valence-corrected chi connectivity index (χ0v) is 22.8. The number of aliphatic hydroxyl groups excluding tert-OH is 1. The predicted molar refractivity (Wildman–Crippen MR) is 147 cm³/mol. The van der Waals surface area contributed by atoms with Crippen molar-refractivity contribution in [2.75, 3.05) is 44.3 Å². The van der Waals surface area contributed by atoms with Gasteiger partial charge in [-0.1, -0.05) is 30.3 Å². The number of amides is 2. The van der Waals surface area contributed by atoms with Gasteiger partial charge in [0.25, 0.3) is 5.91 Å². The lowest BCUT2D eigenvalue weighted by Crippen LogP contribution is -2.52. The van der Waals surface area contributed by atoms with Crippen LogP contribution in [0.5, 0.6) is 0 Å². The molecule has 0 saturated carbocycles. The number of aliphatic hydroxyl groups is 1. The van der Waals surface area contributed by atoms with Crippen molar-refractivity contribution < 1.29 is 29.4 Å². The summed E-state index contributed by atoms with van der Waals surface area (Å²) in [4.78, 5) is 29.8. The molecule has 210 valence electrons. The first-order valence-electron chi connectivity index (χ1n) is 13.2. The summed E-state index contributed by atoms with van der Waals surface area (Å²) in [5.41, 5.74) is 5.36. The second kappa shape index (κ2) is 12.6. The lowest BCUT2D eigenvalue weighted by Gasteiger charge is -2.39. The van der Waals surface area contributed by atoms with Crippen molar-refractivity contribution in [3.05, 3.63) is 71.3 Å². The van der Waals surface area contributed by atoms with Crippen molar-refractivity contribution in [3.63, 3.8) is 0 Å². The summed E-state index contributed by atoms with van der Waals surface area (Å²) in [7, 11) is 0. The van der Waals surface area contributed by atoms with E-state index < -0.39 is 17.9 Å². The monoisotopic (exact) mass is 538 g/mol. The molecule has 1 unspecified atom stereocenters. The Hall–Kier alpha value is -3.44. The molecule has 10 nitrogen and oxygen atoms in total. The molecule has 2 heterocycles. The predicted octanol–water partition coefficient (Wildman–Crippen LogP) is 3.44. The number of carbonyl (C=O) groups excluding carboxylic acids is 2. The fourth-order valence-corrected chi connectivity index (χ4v) is 4.64. The first kappa shape index (κ1) is 28.6. The van der Waals surface area contributed by atoms with Crippen molar-refractivity contribution in [2.45, 2.75) is 45.7 Å². The smallest absolute Gasteiger partial charge is 0.410 e. The van der Waals surface area contributed by atoms with Gasteiger partial charge < -0.3 is 24.4 Å². The van der Waals surface area contributed by atoms with E-state index in [1.807, 2.05) is 60.9 Å². The second-order valence-corrected chi connectivity index (χ2v) is 10.7. The number of nitrogens with one attached hydrogen (secondary N) is 1. The zero-order valence-electron chi connectivity index (χ0n) is 22.8. The molecule has 0 aliphatic carbocycles. The molecule has 2 aliphatic rings. The number of morpholine rings is 1. The Morgan fingerprint density at radius 1 is 1.10 bits per heavy atom. The number of anilines is 1. The Morgan fingerprint density at radius 2 is 1.82 bits per heavy atom. The highest BCUT2D eigenvalue weighted by Crippen LogP contribution is 2.29. The number of hydrogen-bond donors (Lipinski definition) is 3. The van der Waals surface area contributed by atoms with Crippen LogP contribution in [0.2, 0.25) is 0 Å². The number of rotatable bonds is 7. The Bertz CT molecular complexity index is 1170. The molecular formula is C29H38N4O6. The summed E-state index contributed by atoms with van der Waals surface area (Å²) in [6, 6.07) is 14.9. The van der Waals surface area contributed by atoms with Gasteiger partial charge in [-0.25, -0.2) is 10.3 Å². The Labute approximate surface area is 229 Å². The summed E-state index contributed by atoms with van der Waals surface area (Å²) in [5.74, 6) is -0.578. The summed E-state index contributed by atoms with van der Waals surface area (Å²) in [6.07, 6.45) is 1.56. The van der Waals surface area contributed by atoms with Crippen molar-refractivity contribution in [1.82, 2.24) is 15.3 Å². The standard InChI is InChI=1S/C29H38N4O6/c1-29(2,3)39-28(36)32-13-11-22(12-14-32)24-5-4-6-25(19-24)33(27(35)31-15-17-38-18-16-31)20-21-7-9-23(10-8-21)26(34)30-37/h4-11,19,27,35,37H,12-18,20H2,1-3H3,(H,30,34). The molecule has 1 fully saturated rings. The molecule has 0 radical (unpaired) electrons. The first-order chi connectivity index (χ1) is 18.6. The van der Waals surface area contributed by atoms with Crippen molar-refractivity contribution >= 4 is 23.3 Å². The van der Waals surface area contributed by atoms with Crippen LogP contribution in [0.3, 0.4) is 0 Å². The molecule has 1 atom stereocenters. The normalized spacial score (nSPS) is 17.3. The van der Waals surface area contributed by atoms with Gasteiger partial charge in [0.2, 0.25) is 0 Å². The SMILES string of the molecule is CC(C)(C)OC(=O)N1CC=C(c2cccc(N(Cc3ccc(C(=O)NO)cc3)C(O)N3CCOCC3)c2)CC1. The van der Waals surface area contributed by atoms with Gasteiger partial charge in [0.05, 0.1) is 13.2 Å². The molecule has 2 amide bonds. The van der Waals surface area contributed by atoms with Crippen LogP contribution in [0, 0.1) is 0 Å². The van der Waals surface area contributed by atoms with Gasteiger partial charge in [-0.05, 0) is 68.2 Å². The van der Waals surface area contributed by atoms with Gasteiger partial charge in [-0.15, -0.1) is 0 Å². The van der Waals surface area contributed by atoms with Gasteiger partial charge in [-0.2, -0.15) is 0 Å². The van der Waals surface area contributed by atoms with Crippen LogP contribution in [-0.4, -0.2) is 83.5 Å². The highest BCUT2D eigenvalue weighted by molar-refractivity contribution is 5.93. The van der Waals surface area contributed by atoms with Gasteiger partial charge in [0, 0.05) is 44.0 Å². The maximum Gasteiger partial charge on any atom is 0.410 e. The average molecular weight is 539 g/mol. The van der Waals surface area contributed by atoms with Crippen LogP contribution < -0.4 is 10.4 Å². The topological polar surface area (TPSA) is 115 Å². The van der Waals surface area contributed by atoms with E-state index in [-0.39, 0.29) is 6.09 Å². The lowest BCUT2D eigenvalue weighted by atomic mass is 9.99. The minimum Gasteiger partial charge on any atom is -0.444 e. The lowest BCUT2D eigenvalue weighted by molar-refractivity contribution is -0.0597.